The molecular formula is C13H26N2. The van der Waals surface area contributed by atoms with Gasteiger partial charge in [0.25, 0.3) is 0 Å². The van der Waals surface area contributed by atoms with E-state index in [0.717, 1.165) is 12.0 Å². The van der Waals surface area contributed by atoms with Gasteiger partial charge in [0, 0.05) is 18.6 Å². The fourth-order valence-corrected chi connectivity index (χ4v) is 2.81. The summed E-state index contributed by atoms with van der Waals surface area (Å²) < 4.78 is 0. The maximum absolute atomic E-state index is 5.97. The minimum Gasteiger partial charge on any atom is -0.328 e. The van der Waals surface area contributed by atoms with E-state index >= 15 is 0 Å². The van der Waals surface area contributed by atoms with E-state index in [1.807, 2.05) is 0 Å². The van der Waals surface area contributed by atoms with Crippen molar-refractivity contribution < 1.29 is 0 Å². The third-order valence-corrected chi connectivity index (χ3v) is 3.96. The summed E-state index contributed by atoms with van der Waals surface area (Å²) in [7, 11) is 0. The first kappa shape index (κ1) is 11.4. The maximum atomic E-state index is 5.97. The van der Waals surface area contributed by atoms with Crippen LogP contribution in [0.25, 0.3) is 0 Å². The fourth-order valence-electron chi connectivity index (χ4n) is 2.81. The second-order valence-corrected chi connectivity index (χ2v) is 5.51. The van der Waals surface area contributed by atoms with Crippen LogP contribution in [-0.4, -0.2) is 30.1 Å². The van der Waals surface area contributed by atoms with Crippen LogP contribution in [0.3, 0.4) is 0 Å². The second kappa shape index (κ2) is 5.31. The van der Waals surface area contributed by atoms with Gasteiger partial charge in [-0.1, -0.05) is 6.92 Å². The third kappa shape index (κ3) is 3.46. The van der Waals surface area contributed by atoms with Crippen molar-refractivity contribution in [3.63, 3.8) is 0 Å². The summed E-state index contributed by atoms with van der Waals surface area (Å²) >= 11 is 0. The predicted octanol–water partition coefficient (Wildman–Crippen LogP) is 2.38. The van der Waals surface area contributed by atoms with Crippen LogP contribution in [0, 0.1) is 5.92 Å². The number of nitrogens with two attached hydrogens (primary N) is 1. The summed E-state index contributed by atoms with van der Waals surface area (Å²) in [5, 5.41) is 0. The van der Waals surface area contributed by atoms with Crippen molar-refractivity contribution >= 4 is 0 Å². The first-order valence-corrected chi connectivity index (χ1v) is 6.79. The Hall–Kier alpha value is -0.0800. The highest BCUT2D eigenvalue weighted by atomic mass is 15.2. The minimum absolute atomic E-state index is 0.491. The zero-order chi connectivity index (χ0) is 10.7. The van der Waals surface area contributed by atoms with Crippen LogP contribution in [0.15, 0.2) is 0 Å². The van der Waals surface area contributed by atoms with Gasteiger partial charge in [-0.15, -0.1) is 0 Å². The van der Waals surface area contributed by atoms with Crippen LogP contribution in [0.2, 0.25) is 0 Å². The van der Waals surface area contributed by atoms with Gasteiger partial charge >= 0.3 is 0 Å². The smallest absolute Gasteiger partial charge is 0.00965 e. The van der Waals surface area contributed by atoms with Crippen LogP contribution in [0.4, 0.5) is 0 Å². The zero-order valence-electron chi connectivity index (χ0n) is 10.1. The van der Waals surface area contributed by atoms with Crippen LogP contribution >= 0.6 is 0 Å². The molecule has 2 heteroatoms. The maximum Gasteiger partial charge on any atom is 0.00965 e. The van der Waals surface area contributed by atoms with Gasteiger partial charge in [0.2, 0.25) is 0 Å². The second-order valence-electron chi connectivity index (χ2n) is 5.51. The lowest BCUT2D eigenvalue weighted by atomic mass is 9.90. The Morgan fingerprint density at radius 1 is 1.07 bits per heavy atom. The molecule has 0 aromatic rings. The van der Waals surface area contributed by atoms with E-state index in [-0.39, 0.29) is 0 Å². The van der Waals surface area contributed by atoms with Crippen molar-refractivity contribution in [2.75, 3.05) is 13.1 Å². The van der Waals surface area contributed by atoms with E-state index in [0.29, 0.717) is 6.04 Å². The molecule has 0 unspecified atom stereocenters. The quantitative estimate of drug-likeness (QED) is 0.755. The molecule has 2 nitrogen and oxygen atoms in total. The van der Waals surface area contributed by atoms with Crippen molar-refractivity contribution in [3.05, 3.63) is 0 Å². The zero-order valence-corrected chi connectivity index (χ0v) is 10.1. The summed E-state index contributed by atoms with van der Waals surface area (Å²) in [4.78, 5) is 2.75. The molecule has 0 aromatic carbocycles. The predicted molar refractivity (Wildman–Crippen MR) is 64.8 cm³/mol. The minimum atomic E-state index is 0.491. The molecule has 0 radical (unpaired) electrons. The van der Waals surface area contributed by atoms with E-state index in [4.69, 9.17) is 5.73 Å². The largest absolute Gasteiger partial charge is 0.328 e. The molecule has 0 saturated heterocycles. The molecule has 0 aliphatic heterocycles. The lowest BCUT2D eigenvalue weighted by Gasteiger charge is -2.36. The molecule has 15 heavy (non-hydrogen) atoms. The summed E-state index contributed by atoms with van der Waals surface area (Å²) in [5.41, 5.74) is 5.97. The molecule has 2 aliphatic carbocycles. The van der Waals surface area contributed by atoms with Gasteiger partial charge in [-0.2, -0.15) is 0 Å². The van der Waals surface area contributed by atoms with Crippen LogP contribution in [-0.2, 0) is 0 Å². The Kier molecular flexibility index (Phi) is 4.04. The van der Waals surface area contributed by atoms with Gasteiger partial charge in [0.15, 0.2) is 0 Å². The highest BCUT2D eigenvalue weighted by Gasteiger charge is 2.29. The number of hydrogen-bond acceptors (Lipinski definition) is 2. The molecule has 0 spiro atoms. The van der Waals surface area contributed by atoms with Crippen molar-refractivity contribution in [2.45, 2.75) is 64.0 Å². The average Bonchev–Trinajstić information content (AvgIpc) is 3.02. The Morgan fingerprint density at radius 2 is 1.73 bits per heavy atom. The van der Waals surface area contributed by atoms with E-state index in [2.05, 4.69) is 11.8 Å². The van der Waals surface area contributed by atoms with Crippen molar-refractivity contribution in [1.29, 1.82) is 0 Å². The van der Waals surface area contributed by atoms with Crippen LogP contribution in [0.5, 0.6) is 0 Å². The van der Waals surface area contributed by atoms with Crippen LogP contribution in [0.1, 0.15) is 51.9 Å². The monoisotopic (exact) mass is 210 g/mol. The molecular weight excluding hydrogens is 184 g/mol. The lowest BCUT2D eigenvalue weighted by molar-refractivity contribution is 0.143. The summed E-state index contributed by atoms with van der Waals surface area (Å²) in [5.74, 6) is 1.03. The molecule has 2 saturated carbocycles. The number of nitrogens with zero attached hydrogens (tertiary/aromatic N) is 1. The molecule has 0 bridgehead atoms. The molecule has 2 aliphatic rings. The van der Waals surface area contributed by atoms with Crippen molar-refractivity contribution in [3.8, 4) is 0 Å². The first-order valence-electron chi connectivity index (χ1n) is 6.79. The molecule has 0 amide bonds. The summed E-state index contributed by atoms with van der Waals surface area (Å²) in [6.45, 7) is 4.97. The van der Waals surface area contributed by atoms with Gasteiger partial charge in [0.05, 0.1) is 0 Å². The van der Waals surface area contributed by atoms with Gasteiger partial charge in [-0.25, -0.2) is 0 Å². The van der Waals surface area contributed by atoms with Crippen molar-refractivity contribution in [2.24, 2.45) is 11.7 Å². The third-order valence-electron chi connectivity index (χ3n) is 3.96. The molecule has 88 valence electrons. The Labute approximate surface area is 94.2 Å². The van der Waals surface area contributed by atoms with E-state index in [1.54, 1.807) is 0 Å². The summed E-state index contributed by atoms with van der Waals surface area (Å²) in [6.07, 6.45) is 9.43. The molecule has 2 rings (SSSR count). The Morgan fingerprint density at radius 3 is 2.27 bits per heavy atom. The van der Waals surface area contributed by atoms with E-state index in [9.17, 15) is 0 Å². The van der Waals surface area contributed by atoms with Crippen molar-refractivity contribution in [1.82, 2.24) is 4.90 Å². The Balaban J connectivity index is 1.79. The summed E-state index contributed by atoms with van der Waals surface area (Å²) in [6, 6.07) is 1.34. The van der Waals surface area contributed by atoms with Crippen LogP contribution < -0.4 is 5.73 Å². The van der Waals surface area contributed by atoms with Gasteiger partial charge < -0.3 is 10.6 Å². The van der Waals surface area contributed by atoms with E-state index in [1.165, 1.54) is 58.0 Å². The normalized spacial score (nSPS) is 32.2. The van der Waals surface area contributed by atoms with E-state index < -0.39 is 0 Å². The van der Waals surface area contributed by atoms with Gasteiger partial charge in [-0.05, 0) is 57.4 Å². The number of hydrogen-bond donors (Lipinski definition) is 1. The average molecular weight is 210 g/mol. The molecule has 0 atom stereocenters. The van der Waals surface area contributed by atoms with Gasteiger partial charge in [-0.3, -0.25) is 0 Å². The molecule has 0 aromatic heterocycles. The topological polar surface area (TPSA) is 29.3 Å². The fraction of sp³-hybridized carbons (Fsp3) is 1.00. The highest BCUT2D eigenvalue weighted by molar-refractivity contribution is 4.85. The molecule has 0 heterocycles. The molecule has 2 N–H and O–H groups in total. The SMILES string of the molecule is CCCN(CC1CC1)C1CCC(N)CC1. The first-order chi connectivity index (χ1) is 7.29. The highest BCUT2D eigenvalue weighted by Crippen LogP contribution is 2.32. The van der Waals surface area contributed by atoms with Gasteiger partial charge in [0.1, 0.15) is 0 Å². The number of rotatable bonds is 5. The molecule has 2 fully saturated rings. The standard InChI is InChI=1S/C13H26N2/c1-2-9-15(10-11-3-4-11)13-7-5-12(14)6-8-13/h11-13H,2-10,14H2,1H3. The Bertz CT molecular complexity index is 181. The lowest BCUT2D eigenvalue weighted by Crippen LogP contribution is -2.42.